The van der Waals surface area contributed by atoms with Gasteiger partial charge in [0.05, 0.1) is 0 Å². The summed E-state index contributed by atoms with van der Waals surface area (Å²) in [5, 5.41) is 3.51. The maximum atomic E-state index is 3.51. The van der Waals surface area contributed by atoms with Crippen molar-refractivity contribution >= 4 is 0 Å². The lowest BCUT2D eigenvalue weighted by Gasteiger charge is -2.27. The first kappa shape index (κ1) is 12.1. The third-order valence-corrected chi connectivity index (χ3v) is 4.01. The van der Waals surface area contributed by atoms with Crippen molar-refractivity contribution < 1.29 is 0 Å². The molecule has 1 unspecified atom stereocenters. The van der Waals surface area contributed by atoms with Gasteiger partial charge in [-0.25, -0.2) is 0 Å². The summed E-state index contributed by atoms with van der Waals surface area (Å²) in [6, 6.07) is 0. The van der Waals surface area contributed by atoms with Gasteiger partial charge < -0.3 is 5.32 Å². The van der Waals surface area contributed by atoms with Gasteiger partial charge in [-0.1, -0.05) is 11.6 Å². The molecular weight excluding hydrogens is 196 g/mol. The summed E-state index contributed by atoms with van der Waals surface area (Å²) < 4.78 is 0. The SMILES string of the molecule is CC1=CCN(CCCC2CCCNC2)CC1. The molecule has 0 aromatic heterocycles. The molecule has 0 aliphatic carbocycles. The summed E-state index contributed by atoms with van der Waals surface area (Å²) >= 11 is 0. The first-order valence-electron chi connectivity index (χ1n) is 6.93. The second-order valence-electron chi connectivity index (χ2n) is 5.46. The number of hydrogen-bond donors (Lipinski definition) is 1. The smallest absolute Gasteiger partial charge is 0.0165 e. The van der Waals surface area contributed by atoms with Crippen molar-refractivity contribution in [1.29, 1.82) is 0 Å². The average molecular weight is 222 g/mol. The quantitative estimate of drug-likeness (QED) is 0.735. The molecule has 92 valence electrons. The van der Waals surface area contributed by atoms with E-state index in [1.807, 2.05) is 0 Å². The van der Waals surface area contributed by atoms with Crippen molar-refractivity contribution in [2.45, 2.75) is 39.0 Å². The highest BCUT2D eigenvalue weighted by atomic mass is 15.1. The predicted molar refractivity (Wildman–Crippen MR) is 69.6 cm³/mol. The fourth-order valence-corrected chi connectivity index (χ4v) is 2.79. The second-order valence-corrected chi connectivity index (χ2v) is 5.46. The number of rotatable bonds is 4. The molecule has 1 N–H and O–H groups in total. The van der Waals surface area contributed by atoms with Crippen LogP contribution >= 0.6 is 0 Å². The summed E-state index contributed by atoms with van der Waals surface area (Å²) in [5.74, 6) is 0.954. The third kappa shape index (κ3) is 3.91. The zero-order valence-electron chi connectivity index (χ0n) is 10.7. The van der Waals surface area contributed by atoms with Crippen LogP contribution < -0.4 is 5.32 Å². The molecule has 0 amide bonds. The molecule has 0 bridgehead atoms. The van der Waals surface area contributed by atoms with E-state index in [1.165, 1.54) is 64.8 Å². The molecule has 0 aromatic carbocycles. The van der Waals surface area contributed by atoms with Crippen LogP contribution in [0.15, 0.2) is 11.6 Å². The van der Waals surface area contributed by atoms with E-state index in [-0.39, 0.29) is 0 Å². The molecule has 2 aliphatic rings. The van der Waals surface area contributed by atoms with Crippen LogP contribution in [-0.4, -0.2) is 37.6 Å². The predicted octanol–water partition coefficient (Wildman–Crippen LogP) is 2.42. The van der Waals surface area contributed by atoms with Crippen molar-refractivity contribution in [2.24, 2.45) is 5.92 Å². The molecular formula is C14H26N2. The van der Waals surface area contributed by atoms with Gasteiger partial charge in [0.15, 0.2) is 0 Å². The summed E-state index contributed by atoms with van der Waals surface area (Å²) in [6.07, 6.45) is 9.32. The Labute approximate surface area is 100 Å². The van der Waals surface area contributed by atoms with Crippen molar-refractivity contribution in [1.82, 2.24) is 10.2 Å². The zero-order chi connectivity index (χ0) is 11.2. The summed E-state index contributed by atoms with van der Waals surface area (Å²) in [4.78, 5) is 2.60. The minimum absolute atomic E-state index is 0.954. The average Bonchev–Trinajstić information content (AvgIpc) is 2.33. The van der Waals surface area contributed by atoms with Gasteiger partial charge in [-0.3, -0.25) is 4.90 Å². The first-order valence-corrected chi connectivity index (χ1v) is 6.93. The van der Waals surface area contributed by atoms with Crippen LogP contribution in [0.3, 0.4) is 0 Å². The summed E-state index contributed by atoms with van der Waals surface area (Å²) in [7, 11) is 0. The molecule has 2 aliphatic heterocycles. The van der Waals surface area contributed by atoms with E-state index in [2.05, 4.69) is 23.2 Å². The minimum Gasteiger partial charge on any atom is -0.316 e. The highest BCUT2D eigenvalue weighted by Gasteiger charge is 2.14. The number of nitrogens with zero attached hydrogens (tertiary/aromatic N) is 1. The number of hydrogen-bond acceptors (Lipinski definition) is 2. The van der Waals surface area contributed by atoms with E-state index in [9.17, 15) is 0 Å². The Kier molecular flexibility index (Phi) is 4.86. The van der Waals surface area contributed by atoms with Gasteiger partial charge in [-0.2, -0.15) is 0 Å². The van der Waals surface area contributed by atoms with Crippen molar-refractivity contribution in [3.05, 3.63) is 11.6 Å². The Morgan fingerprint density at radius 1 is 1.50 bits per heavy atom. The molecule has 0 saturated carbocycles. The van der Waals surface area contributed by atoms with E-state index < -0.39 is 0 Å². The van der Waals surface area contributed by atoms with Crippen molar-refractivity contribution in [2.75, 3.05) is 32.7 Å². The third-order valence-electron chi connectivity index (χ3n) is 4.01. The summed E-state index contributed by atoms with van der Waals surface area (Å²) in [6.45, 7) is 8.54. The highest BCUT2D eigenvalue weighted by Crippen LogP contribution is 2.17. The Bertz CT molecular complexity index is 229. The molecule has 0 spiro atoms. The van der Waals surface area contributed by atoms with Crippen LogP contribution in [0.1, 0.15) is 39.0 Å². The lowest BCUT2D eigenvalue weighted by molar-refractivity contribution is 0.267. The molecule has 0 radical (unpaired) electrons. The molecule has 2 rings (SSSR count). The number of piperidine rings is 1. The van der Waals surface area contributed by atoms with Gasteiger partial charge in [0.25, 0.3) is 0 Å². The van der Waals surface area contributed by atoms with E-state index in [0.717, 1.165) is 5.92 Å². The standard InChI is InChI=1S/C14H26N2/c1-13-6-10-16(11-7-13)9-3-5-14-4-2-8-15-12-14/h6,14-15H,2-5,7-12H2,1H3. The Morgan fingerprint density at radius 3 is 3.12 bits per heavy atom. The first-order chi connectivity index (χ1) is 7.84. The molecule has 1 saturated heterocycles. The topological polar surface area (TPSA) is 15.3 Å². The van der Waals surface area contributed by atoms with Crippen LogP contribution in [0, 0.1) is 5.92 Å². The van der Waals surface area contributed by atoms with E-state index in [0.29, 0.717) is 0 Å². The van der Waals surface area contributed by atoms with Gasteiger partial charge in [-0.05, 0) is 64.6 Å². The normalized spacial score (nSPS) is 27.8. The largest absolute Gasteiger partial charge is 0.316 e. The van der Waals surface area contributed by atoms with Gasteiger partial charge in [-0.15, -0.1) is 0 Å². The van der Waals surface area contributed by atoms with Crippen LogP contribution in [-0.2, 0) is 0 Å². The van der Waals surface area contributed by atoms with Gasteiger partial charge >= 0.3 is 0 Å². The maximum absolute atomic E-state index is 3.51. The van der Waals surface area contributed by atoms with Crippen molar-refractivity contribution in [3.8, 4) is 0 Å². The summed E-state index contributed by atoms with van der Waals surface area (Å²) in [5.41, 5.74) is 1.58. The fraction of sp³-hybridized carbons (Fsp3) is 0.857. The van der Waals surface area contributed by atoms with Gasteiger partial charge in [0, 0.05) is 13.1 Å². The zero-order valence-corrected chi connectivity index (χ0v) is 10.7. The molecule has 0 aromatic rings. The van der Waals surface area contributed by atoms with Crippen LogP contribution in [0.4, 0.5) is 0 Å². The van der Waals surface area contributed by atoms with Gasteiger partial charge in [0.2, 0.25) is 0 Å². The highest BCUT2D eigenvalue weighted by molar-refractivity contribution is 5.03. The lowest BCUT2D eigenvalue weighted by atomic mass is 9.94. The molecule has 1 fully saturated rings. The molecule has 16 heavy (non-hydrogen) atoms. The van der Waals surface area contributed by atoms with Crippen LogP contribution in [0.2, 0.25) is 0 Å². The minimum atomic E-state index is 0.954. The van der Waals surface area contributed by atoms with Crippen molar-refractivity contribution in [3.63, 3.8) is 0 Å². The monoisotopic (exact) mass is 222 g/mol. The Morgan fingerprint density at radius 2 is 2.44 bits per heavy atom. The molecule has 2 nitrogen and oxygen atoms in total. The van der Waals surface area contributed by atoms with E-state index >= 15 is 0 Å². The maximum Gasteiger partial charge on any atom is 0.0165 e. The van der Waals surface area contributed by atoms with E-state index in [4.69, 9.17) is 0 Å². The Balaban J connectivity index is 1.57. The fourth-order valence-electron chi connectivity index (χ4n) is 2.79. The van der Waals surface area contributed by atoms with Gasteiger partial charge in [0.1, 0.15) is 0 Å². The van der Waals surface area contributed by atoms with E-state index in [1.54, 1.807) is 5.57 Å². The molecule has 2 heteroatoms. The van der Waals surface area contributed by atoms with Crippen LogP contribution in [0.5, 0.6) is 0 Å². The Hall–Kier alpha value is -0.340. The molecule has 2 heterocycles. The van der Waals surface area contributed by atoms with Crippen LogP contribution in [0.25, 0.3) is 0 Å². The lowest BCUT2D eigenvalue weighted by Crippen LogP contribution is -2.32. The second kappa shape index (κ2) is 6.41. The molecule has 1 atom stereocenters. The number of nitrogens with one attached hydrogen (secondary N) is 1.